The van der Waals surface area contributed by atoms with Crippen LogP contribution in [0.2, 0.25) is 0 Å². The molecule has 0 atom stereocenters. The Balaban J connectivity index is 2.01. The van der Waals surface area contributed by atoms with E-state index < -0.39 is 0 Å². The molecule has 2 rings (SSSR count). The van der Waals surface area contributed by atoms with Crippen LogP contribution in [0.1, 0.15) is 11.1 Å². The number of nitrogens with zero attached hydrogens (tertiary/aromatic N) is 1. The third-order valence-electron chi connectivity index (χ3n) is 2.75. The molecule has 0 aromatic heterocycles. The van der Waals surface area contributed by atoms with E-state index in [2.05, 4.69) is 33.0 Å². The van der Waals surface area contributed by atoms with Crippen LogP contribution < -0.4 is 0 Å². The lowest BCUT2D eigenvalue weighted by Gasteiger charge is -2.17. The van der Waals surface area contributed by atoms with Crippen LogP contribution >= 0.6 is 15.9 Å². The monoisotopic (exact) mass is 307 g/mol. The smallest absolute Gasteiger partial charge is 0.128 e. The van der Waals surface area contributed by atoms with E-state index in [1.165, 1.54) is 11.6 Å². The van der Waals surface area contributed by atoms with E-state index in [9.17, 15) is 4.39 Å². The summed E-state index contributed by atoms with van der Waals surface area (Å²) in [6, 6.07) is 15.4. The molecule has 0 amide bonds. The number of hydrogen-bond acceptors (Lipinski definition) is 1. The maximum absolute atomic E-state index is 13.7. The van der Waals surface area contributed by atoms with Crippen molar-refractivity contribution >= 4 is 15.9 Å². The topological polar surface area (TPSA) is 3.24 Å². The van der Waals surface area contributed by atoms with Gasteiger partial charge in [0, 0.05) is 23.1 Å². The second kappa shape index (κ2) is 6.12. The van der Waals surface area contributed by atoms with Gasteiger partial charge in [-0.25, -0.2) is 4.39 Å². The van der Waals surface area contributed by atoms with E-state index in [0.717, 1.165) is 16.6 Å². The molecule has 0 aliphatic heterocycles. The fourth-order valence-corrected chi connectivity index (χ4v) is 2.22. The number of rotatable bonds is 4. The minimum Gasteiger partial charge on any atom is -0.298 e. The zero-order valence-electron chi connectivity index (χ0n) is 10.2. The lowest BCUT2D eigenvalue weighted by molar-refractivity contribution is 0.313. The van der Waals surface area contributed by atoms with Crippen LogP contribution in [0.3, 0.4) is 0 Å². The van der Waals surface area contributed by atoms with Crippen molar-refractivity contribution in [2.75, 3.05) is 7.05 Å². The minimum absolute atomic E-state index is 0.163. The first-order valence-corrected chi connectivity index (χ1v) is 6.61. The van der Waals surface area contributed by atoms with Gasteiger partial charge in [0.2, 0.25) is 0 Å². The number of benzene rings is 2. The van der Waals surface area contributed by atoms with E-state index in [0.29, 0.717) is 6.54 Å². The first-order valence-electron chi connectivity index (χ1n) is 5.81. The Morgan fingerprint density at radius 1 is 1.06 bits per heavy atom. The van der Waals surface area contributed by atoms with E-state index in [1.807, 2.05) is 37.4 Å². The molecular formula is C15H15BrFN. The van der Waals surface area contributed by atoms with Gasteiger partial charge in [-0.1, -0.05) is 52.3 Å². The molecule has 0 bridgehead atoms. The van der Waals surface area contributed by atoms with Crippen LogP contribution in [0.25, 0.3) is 0 Å². The molecule has 2 aromatic carbocycles. The van der Waals surface area contributed by atoms with Gasteiger partial charge in [0.15, 0.2) is 0 Å². The van der Waals surface area contributed by atoms with Gasteiger partial charge < -0.3 is 0 Å². The molecule has 0 aliphatic rings. The van der Waals surface area contributed by atoms with Crippen molar-refractivity contribution in [1.82, 2.24) is 4.90 Å². The molecule has 3 heteroatoms. The zero-order chi connectivity index (χ0) is 13.0. The average Bonchev–Trinajstić information content (AvgIpc) is 2.34. The molecule has 0 saturated carbocycles. The maximum atomic E-state index is 13.7. The maximum Gasteiger partial charge on any atom is 0.128 e. The Morgan fingerprint density at radius 3 is 2.44 bits per heavy atom. The van der Waals surface area contributed by atoms with Crippen molar-refractivity contribution in [3.05, 3.63) is 69.9 Å². The van der Waals surface area contributed by atoms with E-state index >= 15 is 0 Å². The molecule has 18 heavy (non-hydrogen) atoms. The molecule has 2 aromatic rings. The second-order valence-corrected chi connectivity index (χ2v) is 5.31. The summed E-state index contributed by atoms with van der Waals surface area (Å²) in [6.07, 6.45) is 0. The Labute approximate surface area is 115 Å². The Kier molecular flexibility index (Phi) is 4.50. The first-order chi connectivity index (χ1) is 8.65. The summed E-state index contributed by atoms with van der Waals surface area (Å²) >= 11 is 3.26. The third kappa shape index (κ3) is 3.65. The lowest BCUT2D eigenvalue weighted by atomic mass is 10.1. The highest BCUT2D eigenvalue weighted by molar-refractivity contribution is 9.10. The van der Waals surface area contributed by atoms with Crippen LogP contribution in [0, 0.1) is 5.82 Å². The van der Waals surface area contributed by atoms with Gasteiger partial charge in [-0.3, -0.25) is 4.90 Å². The van der Waals surface area contributed by atoms with Crippen LogP contribution in [0.5, 0.6) is 0 Å². The van der Waals surface area contributed by atoms with Gasteiger partial charge in [0.1, 0.15) is 5.82 Å². The fourth-order valence-electron chi connectivity index (χ4n) is 1.89. The Morgan fingerprint density at radius 2 is 1.78 bits per heavy atom. The normalized spacial score (nSPS) is 10.9. The Bertz CT molecular complexity index is 513. The van der Waals surface area contributed by atoms with E-state index in [4.69, 9.17) is 0 Å². The standard InChI is InChI=1S/C15H15BrFN/c1-18(10-12-5-3-2-4-6-12)11-13-7-8-14(16)9-15(13)17/h2-9H,10-11H2,1H3. The number of hydrogen-bond donors (Lipinski definition) is 0. The summed E-state index contributed by atoms with van der Waals surface area (Å²) in [5, 5.41) is 0. The highest BCUT2D eigenvalue weighted by Crippen LogP contribution is 2.17. The predicted octanol–water partition coefficient (Wildman–Crippen LogP) is 4.22. The van der Waals surface area contributed by atoms with Gasteiger partial charge in [0.25, 0.3) is 0 Å². The van der Waals surface area contributed by atoms with E-state index in [1.54, 1.807) is 0 Å². The lowest BCUT2D eigenvalue weighted by Crippen LogP contribution is -2.17. The molecule has 0 N–H and O–H groups in total. The SMILES string of the molecule is CN(Cc1ccccc1)Cc1ccc(Br)cc1F. The van der Waals surface area contributed by atoms with Crippen molar-refractivity contribution in [2.45, 2.75) is 13.1 Å². The molecule has 0 heterocycles. The molecule has 0 spiro atoms. The summed E-state index contributed by atoms with van der Waals surface area (Å²) in [6.45, 7) is 1.42. The molecule has 1 nitrogen and oxygen atoms in total. The zero-order valence-corrected chi connectivity index (χ0v) is 11.8. The average molecular weight is 308 g/mol. The van der Waals surface area contributed by atoms with Crippen LogP contribution in [-0.4, -0.2) is 11.9 Å². The third-order valence-corrected chi connectivity index (χ3v) is 3.24. The van der Waals surface area contributed by atoms with Gasteiger partial charge >= 0.3 is 0 Å². The molecule has 0 fully saturated rings. The highest BCUT2D eigenvalue weighted by Gasteiger charge is 2.06. The van der Waals surface area contributed by atoms with E-state index in [-0.39, 0.29) is 5.82 Å². The van der Waals surface area contributed by atoms with Crippen molar-refractivity contribution < 1.29 is 4.39 Å². The van der Waals surface area contributed by atoms with Gasteiger partial charge in [0.05, 0.1) is 0 Å². The summed E-state index contributed by atoms with van der Waals surface area (Å²) in [4.78, 5) is 2.10. The molecular weight excluding hydrogens is 293 g/mol. The molecule has 0 aliphatic carbocycles. The summed E-state index contributed by atoms with van der Waals surface area (Å²) in [5.41, 5.74) is 1.95. The fraction of sp³-hybridized carbons (Fsp3) is 0.200. The van der Waals surface area contributed by atoms with Crippen molar-refractivity contribution in [3.63, 3.8) is 0 Å². The van der Waals surface area contributed by atoms with Crippen LogP contribution in [0.15, 0.2) is 53.0 Å². The number of halogens is 2. The first kappa shape index (κ1) is 13.2. The summed E-state index contributed by atoms with van der Waals surface area (Å²) in [5.74, 6) is -0.163. The van der Waals surface area contributed by atoms with Crippen LogP contribution in [-0.2, 0) is 13.1 Å². The molecule has 0 unspecified atom stereocenters. The van der Waals surface area contributed by atoms with Crippen molar-refractivity contribution in [1.29, 1.82) is 0 Å². The minimum atomic E-state index is -0.163. The van der Waals surface area contributed by atoms with Gasteiger partial charge in [-0.05, 0) is 24.7 Å². The largest absolute Gasteiger partial charge is 0.298 e. The van der Waals surface area contributed by atoms with Gasteiger partial charge in [-0.2, -0.15) is 0 Å². The van der Waals surface area contributed by atoms with Crippen molar-refractivity contribution in [2.24, 2.45) is 0 Å². The molecule has 94 valence electrons. The van der Waals surface area contributed by atoms with Gasteiger partial charge in [-0.15, -0.1) is 0 Å². The Hall–Kier alpha value is -1.19. The molecule has 0 saturated heterocycles. The predicted molar refractivity (Wildman–Crippen MR) is 75.7 cm³/mol. The summed E-state index contributed by atoms with van der Waals surface area (Å²) in [7, 11) is 1.99. The second-order valence-electron chi connectivity index (χ2n) is 4.39. The molecule has 0 radical (unpaired) electrons. The van der Waals surface area contributed by atoms with Crippen molar-refractivity contribution in [3.8, 4) is 0 Å². The quantitative estimate of drug-likeness (QED) is 0.817. The highest BCUT2D eigenvalue weighted by atomic mass is 79.9. The summed E-state index contributed by atoms with van der Waals surface area (Å²) < 4.78 is 14.5. The van der Waals surface area contributed by atoms with Crippen LogP contribution in [0.4, 0.5) is 4.39 Å².